The van der Waals surface area contributed by atoms with Crippen LogP contribution in [0.1, 0.15) is 11.5 Å². The van der Waals surface area contributed by atoms with E-state index >= 15 is 0 Å². The van der Waals surface area contributed by atoms with E-state index in [4.69, 9.17) is 19.7 Å². The van der Waals surface area contributed by atoms with Crippen LogP contribution in [-0.4, -0.2) is 25.6 Å². The Morgan fingerprint density at radius 1 is 0.500 bits per heavy atom. The fourth-order valence-electron chi connectivity index (χ4n) is 7.38. The molecule has 0 bridgehead atoms. The molecule has 5 nitrogen and oxygen atoms in total. The van der Waals surface area contributed by atoms with Crippen LogP contribution < -0.4 is 15.2 Å². The van der Waals surface area contributed by atoms with E-state index in [-0.39, 0.29) is 12.0 Å². The number of nitrogens with zero attached hydrogens (tertiary/aromatic N) is 4. The highest BCUT2D eigenvalue weighted by molar-refractivity contribution is 6.10. The standard InChI is InChI=1S/C43H28N4O/c1-3-12-27(13-4-1)41-44-42(30-22-23-37-34(25-30)32-18-9-10-20-36(32)47(37)31-16-5-2-6-17-31)46-43(45-41)33-19-11-21-38-40(33)35-24-28-14-7-8-15-29(28)26-39(35)48-38/h1-26,35,39H. The van der Waals surface area contributed by atoms with Gasteiger partial charge in [0.2, 0.25) is 0 Å². The Hall–Kier alpha value is -6.33. The molecule has 2 atom stereocenters. The molecule has 10 rings (SSSR count). The lowest BCUT2D eigenvalue weighted by Gasteiger charge is -2.17. The molecule has 5 heteroatoms. The van der Waals surface area contributed by atoms with E-state index in [1.165, 1.54) is 15.8 Å². The molecule has 0 spiro atoms. The molecule has 3 heterocycles. The summed E-state index contributed by atoms with van der Waals surface area (Å²) in [6.45, 7) is 0. The van der Waals surface area contributed by atoms with Gasteiger partial charge in [-0.3, -0.25) is 0 Å². The topological polar surface area (TPSA) is 52.8 Å². The predicted molar refractivity (Wildman–Crippen MR) is 192 cm³/mol. The molecule has 2 aromatic heterocycles. The average Bonchev–Trinajstić information content (AvgIpc) is 3.69. The molecule has 6 aromatic carbocycles. The van der Waals surface area contributed by atoms with Gasteiger partial charge < -0.3 is 9.30 Å². The molecule has 0 amide bonds. The quantitative estimate of drug-likeness (QED) is 0.201. The molecule has 2 aliphatic rings. The summed E-state index contributed by atoms with van der Waals surface area (Å²) in [5.74, 6) is 2.85. The van der Waals surface area contributed by atoms with Gasteiger partial charge in [-0.15, -0.1) is 0 Å². The Morgan fingerprint density at radius 2 is 1.17 bits per heavy atom. The van der Waals surface area contributed by atoms with Crippen LogP contribution in [0.25, 0.3) is 73.8 Å². The number of hydrogen-bond donors (Lipinski definition) is 0. The van der Waals surface area contributed by atoms with Crippen molar-refractivity contribution in [2.45, 2.75) is 12.0 Å². The molecule has 1 aliphatic heterocycles. The van der Waals surface area contributed by atoms with E-state index in [1.54, 1.807) is 0 Å². The fourth-order valence-corrected chi connectivity index (χ4v) is 7.38. The summed E-state index contributed by atoms with van der Waals surface area (Å²) in [5.41, 5.74) is 7.39. The molecular weight excluding hydrogens is 589 g/mol. The molecule has 2 unspecified atom stereocenters. The predicted octanol–water partition coefficient (Wildman–Crippen LogP) is 8.09. The van der Waals surface area contributed by atoms with Gasteiger partial charge in [0.15, 0.2) is 17.5 Å². The van der Waals surface area contributed by atoms with Crippen molar-refractivity contribution in [1.29, 1.82) is 0 Å². The van der Waals surface area contributed by atoms with Crippen LogP contribution in [0, 0.1) is 0 Å². The van der Waals surface area contributed by atoms with Gasteiger partial charge in [-0.25, -0.2) is 15.0 Å². The van der Waals surface area contributed by atoms with Crippen LogP contribution in [0.3, 0.4) is 0 Å². The molecule has 0 fully saturated rings. The maximum Gasteiger partial charge on any atom is 0.164 e. The lowest BCUT2D eigenvalue weighted by molar-refractivity contribution is 0.288. The number of ether oxygens (including phenoxy) is 1. The first-order chi connectivity index (χ1) is 23.8. The molecule has 8 aromatic rings. The third-order valence-corrected chi connectivity index (χ3v) is 9.57. The van der Waals surface area contributed by atoms with Crippen molar-refractivity contribution >= 4 is 34.0 Å². The van der Waals surface area contributed by atoms with Crippen molar-refractivity contribution in [2.75, 3.05) is 0 Å². The van der Waals surface area contributed by atoms with Gasteiger partial charge in [-0.2, -0.15) is 0 Å². The summed E-state index contributed by atoms with van der Waals surface area (Å²) in [7, 11) is 0. The summed E-state index contributed by atoms with van der Waals surface area (Å²) < 4.78 is 8.85. The fraction of sp³-hybridized carbons (Fsp3) is 0.0465. The third kappa shape index (κ3) is 4.21. The Balaban J connectivity index is 1.18. The van der Waals surface area contributed by atoms with E-state index in [0.717, 1.165) is 50.1 Å². The third-order valence-electron chi connectivity index (χ3n) is 9.57. The van der Waals surface area contributed by atoms with Gasteiger partial charge in [0.05, 0.1) is 11.0 Å². The number of aromatic nitrogens is 4. The van der Waals surface area contributed by atoms with Gasteiger partial charge in [-0.05, 0) is 59.0 Å². The van der Waals surface area contributed by atoms with E-state index in [1.807, 2.05) is 24.3 Å². The lowest BCUT2D eigenvalue weighted by Crippen LogP contribution is -2.34. The Bertz CT molecular complexity index is 2660. The molecular formula is C43H28N4O. The Morgan fingerprint density at radius 3 is 2.00 bits per heavy atom. The molecule has 48 heavy (non-hydrogen) atoms. The number of benzene rings is 6. The summed E-state index contributed by atoms with van der Waals surface area (Å²) in [4.78, 5) is 15.4. The summed E-state index contributed by atoms with van der Waals surface area (Å²) >= 11 is 0. The van der Waals surface area contributed by atoms with Crippen molar-refractivity contribution in [3.8, 4) is 45.6 Å². The second kappa shape index (κ2) is 10.6. The minimum Gasteiger partial charge on any atom is -0.485 e. The summed E-state index contributed by atoms with van der Waals surface area (Å²) in [6, 6.07) is 50.5. The highest BCUT2D eigenvalue weighted by atomic mass is 16.5. The molecule has 0 N–H and O–H groups in total. The van der Waals surface area contributed by atoms with Crippen LogP contribution in [0.2, 0.25) is 0 Å². The van der Waals surface area contributed by atoms with E-state index in [2.05, 4.69) is 138 Å². The number of para-hydroxylation sites is 2. The van der Waals surface area contributed by atoms with Gasteiger partial charge in [0, 0.05) is 44.6 Å². The molecule has 0 saturated carbocycles. The number of rotatable bonds is 4. The zero-order valence-electron chi connectivity index (χ0n) is 25.9. The van der Waals surface area contributed by atoms with E-state index < -0.39 is 0 Å². The first kappa shape index (κ1) is 26.8. The van der Waals surface area contributed by atoms with Crippen LogP contribution in [0.4, 0.5) is 0 Å². The highest BCUT2D eigenvalue weighted by Crippen LogP contribution is 2.46. The second-order valence-corrected chi connectivity index (χ2v) is 12.4. The molecule has 0 saturated heterocycles. The number of hydrogen-bond acceptors (Lipinski definition) is 4. The van der Waals surface area contributed by atoms with Crippen molar-refractivity contribution in [2.24, 2.45) is 0 Å². The molecule has 226 valence electrons. The largest absolute Gasteiger partial charge is 0.485 e. The summed E-state index contributed by atoms with van der Waals surface area (Å²) in [6.07, 6.45) is 4.49. The SMILES string of the molecule is C1=c2ccccc2=CC2c3c(cccc3-c3nc(-c4ccccc4)nc(-c4ccc5c(c4)c4ccccc4n5-c4ccccc4)n3)OC12. The Kier molecular flexibility index (Phi) is 5.93. The lowest BCUT2D eigenvalue weighted by atomic mass is 9.87. The van der Waals surface area contributed by atoms with Gasteiger partial charge >= 0.3 is 0 Å². The van der Waals surface area contributed by atoms with Crippen LogP contribution in [-0.2, 0) is 0 Å². The van der Waals surface area contributed by atoms with Crippen molar-refractivity contribution in [1.82, 2.24) is 19.5 Å². The molecule has 0 radical (unpaired) electrons. The summed E-state index contributed by atoms with van der Waals surface area (Å²) in [5, 5.41) is 4.75. The van der Waals surface area contributed by atoms with Gasteiger partial charge in [-0.1, -0.05) is 109 Å². The van der Waals surface area contributed by atoms with Crippen molar-refractivity contribution < 1.29 is 4.74 Å². The van der Waals surface area contributed by atoms with E-state index in [0.29, 0.717) is 17.5 Å². The van der Waals surface area contributed by atoms with E-state index in [9.17, 15) is 0 Å². The van der Waals surface area contributed by atoms with Crippen molar-refractivity contribution in [3.63, 3.8) is 0 Å². The zero-order valence-corrected chi connectivity index (χ0v) is 25.9. The molecule has 1 aliphatic carbocycles. The first-order valence-electron chi connectivity index (χ1n) is 16.3. The smallest absolute Gasteiger partial charge is 0.164 e. The highest BCUT2D eigenvalue weighted by Gasteiger charge is 2.36. The van der Waals surface area contributed by atoms with Crippen LogP contribution in [0.15, 0.2) is 146 Å². The van der Waals surface area contributed by atoms with Crippen LogP contribution in [0.5, 0.6) is 5.75 Å². The second-order valence-electron chi connectivity index (χ2n) is 12.4. The van der Waals surface area contributed by atoms with Gasteiger partial charge in [0.25, 0.3) is 0 Å². The van der Waals surface area contributed by atoms with Gasteiger partial charge in [0.1, 0.15) is 11.9 Å². The monoisotopic (exact) mass is 616 g/mol. The average molecular weight is 617 g/mol. The maximum absolute atomic E-state index is 6.53. The first-order valence-corrected chi connectivity index (χ1v) is 16.3. The van der Waals surface area contributed by atoms with Crippen molar-refractivity contribution in [3.05, 3.63) is 162 Å². The van der Waals surface area contributed by atoms with Crippen LogP contribution >= 0.6 is 0 Å². The maximum atomic E-state index is 6.53. The normalized spacial score (nSPS) is 16.0. The Labute approximate surface area is 276 Å². The minimum atomic E-state index is -0.0738. The number of fused-ring (bicyclic) bond motifs is 7. The minimum absolute atomic E-state index is 0.0620. The zero-order chi connectivity index (χ0) is 31.6.